The zero-order chi connectivity index (χ0) is 14.6. The van der Waals surface area contributed by atoms with E-state index >= 15 is 0 Å². The Hall–Kier alpha value is -1.36. The summed E-state index contributed by atoms with van der Waals surface area (Å²) in [6.45, 7) is 9.36. The van der Waals surface area contributed by atoms with Gasteiger partial charge in [0.2, 0.25) is 5.91 Å². The maximum atomic E-state index is 12.1. The number of rotatable bonds is 3. The second-order valence-electron chi connectivity index (χ2n) is 5.95. The molecule has 1 amide bonds. The van der Waals surface area contributed by atoms with E-state index in [0.717, 1.165) is 5.57 Å². The first-order valence-electron chi connectivity index (χ1n) is 6.51. The maximum Gasteiger partial charge on any atom is 0.306 e. The fourth-order valence-electron chi connectivity index (χ4n) is 1.73. The number of morpholine rings is 1. The normalized spacial score (nSPS) is 21.4. The van der Waals surface area contributed by atoms with Crippen LogP contribution in [-0.2, 0) is 14.3 Å². The number of amides is 1. The van der Waals surface area contributed by atoms with E-state index in [-0.39, 0.29) is 17.7 Å². The van der Waals surface area contributed by atoms with Crippen LogP contribution in [0.5, 0.6) is 0 Å². The van der Waals surface area contributed by atoms with Crippen LogP contribution < -0.4 is 0 Å². The molecular weight excluding hydrogens is 246 g/mol. The summed E-state index contributed by atoms with van der Waals surface area (Å²) in [4.78, 5) is 24.5. The van der Waals surface area contributed by atoms with E-state index in [4.69, 9.17) is 9.84 Å². The minimum Gasteiger partial charge on any atom is -0.481 e. The summed E-state index contributed by atoms with van der Waals surface area (Å²) in [5.41, 5.74) is 0.973. The minimum atomic E-state index is -0.902. The standard InChI is InChI=1S/C14H23NO4/c1-10(14(2,3)4)7-12(16)15-5-6-19-11(9-15)8-13(17)18/h7,11H,5-6,8-9H2,1-4H3,(H,17,18). The number of nitrogens with zero attached hydrogens (tertiary/aromatic N) is 1. The van der Waals surface area contributed by atoms with Gasteiger partial charge in [-0.3, -0.25) is 9.59 Å². The van der Waals surface area contributed by atoms with Crippen molar-refractivity contribution in [2.45, 2.75) is 40.2 Å². The van der Waals surface area contributed by atoms with Gasteiger partial charge in [-0.05, 0) is 12.3 Å². The van der Waals surface area contributed by atoms with Crippen LogP contribution in [0.2, 0.25) is 0 Å². The quantitative estimate of drug-likeness (QED) is 0.792. The van der Waals surface area contributed by atoms with E-state index in [1.807, 2.05) is 6.92 Å². The molecule has 1 fully saturated rings. The Morgan fingerprint density at radius 1 is 1.42 bits per heavy atom. The highest BCUT2D eigenvalue weighted by Crippen LogP contribution is 2.24. The van der Waals surface area contributed by atoms with Crippen molar-refractivity contribution in [2.75, 3.05) is 19.7 Å². The molecule has 0 saturated carbocycles. The summed E-state index contributed by atoms with van der Waals surface area (Å²) in [5.74, 6) is -0.966. The lowest BCUT2D eigenvalue weighted by Gasteiger charge is -2.32. The number of carboxylic acids is 1. The third kappa shape index (κ3) is 5.03. The second kappa shape index (κ2) is 6.19. The Morgan fingerprint density at radius 2 is 2.05 bits per heavy atom. The van der Waals surface area contributed by atoms with E-state index in [1.54, 1.807) is 11.0 Å². The molecule has 5 nitrogen and oxygen atoms in total. The van der Waals surface area contributed by atoms with Crippen LogP contribution in [0.3, 0.4) is 0 Å². The Morgan fingerprint density at radius 3 is 2.58 bits per heavy atom. The van der Waals surface area contributed by atoms with Gasteiger partial charge in [-0.1, -0.05) is 26.3 Å². The number of allylic oxidation sites excluding steroid dienone is 1. The van der Waals surface area contributed by atoms with Gasteiger partial charge in [0.25, 0.3) is 0 Å². The summed E-state index contributed by atoms with van der Waals surface area (Å²) < 4.78 is 5.35. The van der Waals surface area contributed by atoms with Crippen molar-refractivity contribution in [3.63, 3.8) is 0 Å². The molecule has 1 rings (SSSR count). The Labute approximate surface area is 114 Å². The molecule has 5 heteroatoms. The Bertz CT molecular complexity index is 381. The Kier molecular flexibility index (Phi) is 5.11. The van der Waals surface area contributed by atoms with Gasteiger partial charge in [-0.2, -0.15) is 0 Å². The molecule has 1 saturated heterocycles. The SMILES string of the molecule is CC(=CC(=O)N1CCOC(CC(=O)O)C1)C(C)(C)C. The molecule has 0 aromatic heterocycles. The summed E-state index contributed by atoms with van der Waals surface area (Å²) >= 11 is 0. The molecule has 1 heterocycles. The lowest BCUT2D eigenvalue weighted by molar-refractivity contribution is -0.145. The van der Waals surface area contributed by atoms with Gasteiger partial charge in [0.15, 0.2) is 0 Å². The molecule has 0 aromatic carbocycles. The zero-order valence-electron chi connectivity index (χ0n) is 12.1. The monoisotopic (exact) mass is 269 g/mol. The van der Waals surface area contributed by atoms with E-state index in [1.165, 1.54) is 0 Å². The predicted octanol–water partition coefficient (Wildman–Crippen LogP) is 1.68. The van der Waals surface area contributed by atoms with E-state index in [2.05, 4.69) is 20.8 Å². The number of aliphatic carboxylic acids is 1. The highest BCUT2D eigenvalue weighted by atomic mass is 16.5. The number of carbonyl (C=O) groups is 2. The minimum absolute atomic E-state index is 0.0393. The molecule has 0 radical (unpaired) electrons. The molecule has 1 aliphatic heterocycles. The molecule has 1 aliphatic rings. The van der Waals surface area contributed by atoms with Gasteiger partial charge in [0.05, 0.1) is 19.1 Å². The predicted molar refractivity (Wildman–Crippen MR) is 71.8 cm³/mol. The lowest BCUT2D eigenvalue weighted by atomic mass is 9.87. The number of hydrogen-bond donors (Lipinski definition) is 1. The van der Waals surface area contributed by atoms with Crippen LogP contribution in [-0.4, -0.2) is 47.7 Å². The van der Waals surface area contributed by atoms with Gasteiger partial charge >= 0.3 is 5.97 Å². The van der Waals surface area contributed by atoms with Crippen LogP contribution >= 0.6 is 0 Å². The highest BCUT2D eigenvalue weighted by Gasteiger charge is 2.25. The summed E-state index contributed by atoms with van der Waals surface area (Å²) in [6.07, 6.45) is 1.17. The average Bonchev–Trinajstić information content (AvgIpc) is 2.27. The van der Waals surface area contributed by atoms with Gasteiger partial charge in [0.1, 0.15) is 0 Å². The molecular formula is C14H23NO4. The van der Waals surface area contributed by atoms with Gasteiger partial charge in [-0.25, -0.2) is 0 Å². The average molecular weight is 269 g/mol. The lowest BCUT2D eigenvalue weighted by Crippen LogP contribution is -2.45. The third-order valence-electron chi connectivity index (χ3n) is 3.38. The maximum absolute atomic E-state index is 12.1. The van der Waals surface area contributed by atoms with E-state index < -0.39 is 12.1 Å². The first-order valence-corrected chi connectivity index (χ1v) is 6.51. The largest absolute Gasteiger partial charge is 0.481 e. The van der Waals surface area contributed by atoms with Crippen molar-refractivity contribution in [2.24, 2.45) is 5.41 Å². The van der Waals surface area contributed by atoms with Crippen molar-refractivity contribution >= 4 is 11.9 Å². The molecule has 1 atom stereocenters. The summed E-state index contributed by atoms with van der Waals surface area (Å²) in [5, 5.41) is 8.75. The fraction of sp³-hybridized carbons (Fsp3) is 0.714. The van der Waals surface area contributed by atoms with Crippen LogP contribution in [0.25, 0.3) is 0 Å². The van der Waals surface area contributed by atoms with Crippen LogP contribution in [0.1, 0.15) is 34.1 Å². The van der Waals surface area contributed by atoms with Gasteiger partial charge in [-0.15, -0.1) is 0 Å². The van der Waals surface area contributed by atoms with Crippen molar-refractivity contribution in [3.8, 4) is 0 Å². The first-order chi connectivity index (χ1) is 8.70. The molecule has 0 aromatic rings. The summed E-state index contributed by atoms with van der Waals surface area (Å²) in [6, 6.07) is 0. The molecule has 19 heavy (non-hydrogen) atoms. The smallest absolute Gasteiger partial charge is 0.306 e. The molecule has 1 unspecified atom stereocenters. The molecule has 0 bridgehead atoms. The number of carboxylic acid groups (broad SMARTS) is 1. The zero-order valence-corrected chi connectivity index (χ0v) is 12.1. The van der Waals surface area contributed by atoms with E-state index in [0.29, 0.717) is 19.7 Å². The highest BCUT2D eigenvalue weighted by molar-refractivity contribution is 5.88. The summed E-state index contributed by atoms with van der Waals surface area (Å²) in [7, 11) is 0. The molecule has 0 spiro atoms. The molecule has 1 N–H and O–H groups in total. The number of carbonyl (C=O) groups excluding carboxylic acids is 1. The third-order valence-corrected chi connectivity index (χ3v) is 3.38. The molecule has 0 aliphatic carbocycles. The first kappa shape index (κ1) is 15.7. The number of ether oxygens (including phenoxy) is 1. The van der Waals surface area contributed by atoms with Crippen molar-refractivity contribution in [1.82, 2.24) is 4.90 Å². The fourth-order valence-corrected chi connectivity index (χ4v) is 1.73. The van der Waals surface area contributed by atoms with Crippen LogP contribution in [0.4, 0.5) is 0 Å². The van der Waals surface area contributed by atoms with Crippen molar-refractivity contribution in [3.05, 3.63) is 11.6 Å². The Balaban J connectivity index is 2.65. The second-order valence-corrected chi connectivity index (χ2v) is 5.95. The molecule has 108 valence electrons. The van der Waals surface area contributed by atoms with Crippen molar-refractivity contribution < 1.29 is 19.4 Å². The topological polar surface area (TPSA) is 66.8 Å². The number of hydrogen-bond acceptors (Lipinski definition) is 3. The van der Waals surface area contributed by atoms with Gasteiger partial charge in [0, 0.05) is 19.2 Å². The van der Waals surface area contributed by atoms with Gasteiger partial charge < -0.3 is 14.7 Å². The van der Waals surface area contributed by atoms with E-state index in [9.17, 15) is 9.59 Å². The van der Waals surface area contributed by atoms with Crippen LogP contribution in [0, 0.1) is 5.41 Å². The van der Waals surface area contributed by atoms with Crippen molar-refractivity contribution in [1.29, 1.82) is 0 Å². The van der Waals surface area contributed by atoms with Crippen LogP contribution in [0.15, 0.2) is 11.6 Å².